The van der Waals surface area contributed by atoms with Crippen molar-refractivity contribution in [2.75, 3.05) is 0 Å². The zero-order chi connectivity index (χ0) is 3.41. The van der Waals surface area contributed by atoms with Gasteiger partial charge in [0.05, 0.1) is 0 Å². The van der Waals surface area contributed by atoms with E-state index in [-0.39, 0.29) is 138 Å². The maximum absolute atomic E-state index is 8.51. The van der Waals surface area contributed by atoms with E-state index >= 15 is 0 Å². The van der Waals surface area contributed by atoms with Crippen LogP contribution in [-0.2, 0) is 9.68 Å². The molecule has 0 aromatic carbocycles. The molecule has 3 nitrogen and oxygen atoms in total. The number of carbonyl (C=O) groups excluding carboxylic acids is 1. The van der Waals surface area contributed by atoms with Crippen molar-refractivity contribution >= 4 is 75.4 Å². The van der Waals surface area contributed by atoms with E-state index in [9.17, 15) is 0 Å². The van der Waals surface area contributed by atoms with Gasteiger partial charge >= 0.3 is 75.4 Å². The topological polar surface area (TPSA) is 49.4 Å². The molecule has 24 valence electrons. The average molecular weight is 326 g/mol. The first-order valence-corrected chi connectivity index (χ1v) is 0.575. The van der Waals surface area contributed by atoms with Crippen molar-refractivity contribution < 1.29 is 83.8 Å². The van der Waals surface area contributed by atoms with Crippen molar-refractivity contribution in [3.63, 3.8) is 0 Å². The van der Waals surface area contributed by atoms with Gasteiger partial charge in [0.2, 0.25) is 0 Å². The fourth-order valence-electron chi connectivity index (χ4n) is 0. The second kappa shape index (κ2) is 15.8. The van der Waals surface area contributed by atoms with Crippen molar-refractivity contribution in [3.05, 3.63) is 0 Å². The molecule has 0 aliphatic rings. The molecule has 0 aliphatic carbocycles. The molecule has 0 aromatic heterocycles. The summed E-state index contributed by atoms with van der Waals surface area (Å²) < 4.78 is 0. The molecule has 0 saturated carbocycles. The van der Waals surface area contributed by atoms with Crippen molar-refractivity contribution in [2.45, 2.75) is 0 Å². The van der Waals surface area contributed by atoms with Gasteiger partial charge in [0.15, 0.2) is 0 Å². The van der Waals surface area contributed by atoms with Crippen molar-refractivity contribution in [1.29, 1.82) is 0 Å². The van der Waals surface area contributed by atoms with Gasteiger partial charge in [-0.3, -0.25) is 0 Å². The van der Waals surface area contributed by atoms with E-state index in [1.807, 2.05) is 0 Å². The van der Waals surface area contributed by atoms with E-state index in [0.717, 1.165) is 0 Å². The van der Waals surface area contributed by atoms with Gasteiger partial charge in [-0.25, -0.2) is 4.79 Å². The van der Waals surface area contributed by atoms with Crippen LogP contribution in [-0.4, -0.2) is 75.4 Å². The molecule has 0 heterocycles. The molecule has 0 aliphatic heterocycles. The van der Waals surface area contributed by atoms with Crippen LogP contribution in [0.25, 0.3) is 0 Å². The van der Waals surface area contributed by atoms with Gasteiger partial charge in [-0.15, -0.1) is 0 Å². The summed E-state index contributed by atoms with van der Waals surface area (Å²) in [7, 11) is 0. The fraction of sp³-hybridized carbons (Fsp3) is 0. The smallest absolute Gasteiger partial charge is 0.661 e. The molecule has 0 bridgehead atoms. The van der Waals surface area contributed by atoms with Crippen LogP contribution in [0, 0.1) is 0 Å². The van der Waals surface area contributed by atoms with Gasteiger partial charge in [0, 0.05) is 68.9 Å². The molecular weight excluding hydrogens is 326 g/mol. The minimum Gasteiger partial charge on any atom is -0.661 e. The Labute approximate surface area is 153 Å². The number of rotatable bonds is 1. The zero-order valence-corrected chi connectivity index (χ0v) is 16.3. The largest absolute Gasteiger partial charge is 1.00 e. The third-order valence-corrected chi connectivity index (χ3v) is 0.0340. The van der Waals surface area contributed by atoms with E-state index < -0.39 is 0 Å². The van der Waals surface area contributed by atoms with Gasteiger partial charge < -0.3 is 10.1 Å². The van der Waals surface area contributed by atoms with Crippen LogP contribution in [0.3, 0.4) is 0 Å². The Balaban J connectivity index is -0.0000000450. The molecule has 0 aromatic rings. The quantitative estimate of drug-likeness (QED) is 0.358. The van der Waals surface area contributed by atoms with Crippen LogP contribution in [0.15, 0.2) is 0 Å². The van der Waals surface area contributed by atoms with Gasteiger partial charge in [-0.05, 0) is 0 Å². The summed E-state index contributed by atoms with van der Waals surface area (Å²) in [5, 5.41) is 8.38. The van der Waals surface area contributed by atoms with Crippen LogP contribution in [0.5, 0.6) is 0 Å². The molecule has 2 radical (unpaired) electrons. The Morgan fingerprint density at radius 3 is 1.83 bits per heavy atom. The SMILES string of the molecule is O=[C]O[O-].[Cs+].[Cs]. The van der Waals surface area contributed by atoms with Crippen molar-refractivity contribution in [3.8, 4) is 0 Å². The van der Waals surface area contributed by atoms with Gasteiger partial charge in [0.1, 0.15) is 0 Å². The molecule has 0 atom stereocenters. The monoisotopic (exact) mass is 326 g/mol. The van der Waals surface area contributed by atoms with Crippen LogP contribution < -0.4 is 74.2 Å². The van der Waals surface area contributed by atoms with Gasteiger partial charge in [-0.1, -0.05) is 0 Å². The minimum absolute atomic E-state index is 0. The van der Waals surface area contributed by atoms with Crippen LogP contribution >= 0.6 is 0 Å². The van der Waals surface area contributed by atoms with Crippen molar-refractivity contribution in [2.24, 2.45) is 0 Å². The molecule has 0 saturated heterocycles. The zero-order valence-electron chi connectivity index (χ0n) is 3.72. The standard InChI is InChI=1S/CHO3.2Cs/c2-1-4-3;;/h3H;;/q;;+1/p-1. The third-order valence-electron chi connectivity index (χ3n) is 0.0340. The summed E-state index contributed by atoms with van der Waals surface area (Å²) in [6.45, 7) is 0.625. The average Bonchev–Trinajstić information content (AvgIpc) is 1.37. The fourth-order valence-corrected chi connectivity index (χ4v) is 0. The van der Waals surface area contributed by atoms with Crippen molar-refractivity contribution in [1.82, 2.24) is 0 Å². The van der Waals surface area contributed by atoms with E-state index in [1.54, 1.807) is 0 Å². The van der Waals surface area contributed by atoms with Crippen LogP contribution in [0.2, 0.25) is 0 Å². The second-order valence-electron chi connectivity index (χ2n) is 0.167. The Hall–Kier alpha value is 3.53. The summed E-state index contributed by atoms with van der Waals surface area (Å²) in [6, 6.07) is 0. The Morgan fingerprint density at radius 2 is 1.83 bits per heavy atom. The first-order valence-electron chi connectivity index (χ1n) is 0.575. The summed E-state index contributed by atoms with van der Waals surface area (Å²) in [4.78, 5) is 11.0. The van der Waals surface area contributed by atoms with Crippen LogP contribution in [0.1, 0.15) is 0 Å². The second-order valence-corrected chi connectivity index (χ2v) is 0.167. The summed E-state index contributed by atoms with van der Waals surface area (Å²) in [6.07, 6.45) is 0. The molecule has 0 amide bonds. The molecule has 0 fully saturated rings. The molecule has 5 heteroatoms. The maximum atomic E-state index is 8.51. The van der Waals surface area contributed by atoms with E-state index in [4.69, 9.17) is 10.1 Å². The summed E-state index contributed by atoms with van der Waals surface area (Å²) in [5.41, 5.74) is 0. The molecule has 0 rings (SSSR count). The molecular formula is CCs2O3. The van der Waals surface area contributed by atoms with E-state index in [0.29, 0.717) is 6.47 Å². The van der Waals surface area contributed by atoms with E-state index in [1.165, 1.54) is 0 Å². The Bertz CT molecular complexity index is 22.8. The molecule has 6 heavy (non-hydrogen) atoms. The Morgan fingerprint density at radius 1 is 1.67 bits per heavy atom. The van der Waals surface area contributed by atoms with Gasteiger partial charge in [0.25, 0.3) is 0 Å². The maximum Gasteiger partial charge on any atom is 1.00 e. The molecule has 0 unspecified atom stereocenters. The normalized spacial score (nSPS) is 3.50. The molecule has 0 spiro atoms. The first kappa shape index (κ1) is 16.3. The predicted octanol–water partition coefficient (Wildman–Crippen LogP) is -5.03. The number of hydrogen-bond donors (Lipinski definition) is 0. The third kappa shape index (κ3) is 15.6. The molecule has 0 N–H and O–H groups in total. The minimum atomic E-state index is 0. The first-order chi connectivity index (χ1) is 1.91. The Kier molecular flexibility index (Phi) is 42.9. The van der Waals surface area contributed by atoms with Gasteiger partial charge in [-0.2, -0.15) is 0 Å². The summed E-state index contributed by atoms with van der Waals surface area (Å²) >= 11 is 0. The van der Waals surface area contributed by atoms with Crippen LogP contribution in [0.4, 0.5) is 0 Å². The predicted molar refractivity (Wildman–Crippen MR) is 12.5 cm³/mol. The number of hydrogen-bond acceptors (Lipinski definition) is 3. The summed E-state index contributed by atoms with van der Waals surface area (Å²) in [5.74, 6) is 0. The van der Waals surface area contributed by atoms with E-state index in [2.05, 4.69) is 4.89 Å².